The van der Waals surface area contributed by atoms with Gasteiger partial charge in [-0.3, -0.25) is 4.79 Å². The molecule has 0 radical (unpaired) electrons. The molecule has 1 aromatic rings. The number of allylic oxidation sites excluding steroid dienone is 4. The Labute approximate surface area is 147 Å². The number of rotatable bonds is 9. The maximum absolute atomic E-state index is 12.5. The summed E-state index contributed by atoms with van der Waals surface area (Å²) in [7, 11) is 0. The molecular formula is C23H32O. The molecule has 1 aliphatic rings. The van der Waals surface area contributed by atoms with Gasteiger partial charge in [0.1, 0.15) is 0 Å². The number of hydrogen-bond donors (Lipinski definition) is 0. The quantitative estimate of drug-likeness (QED) is 0.356. The molecule has 0 saturated heterocycles. The maximum Gasteiger partial charge on any atom is 0.163 e. The first-order valence-electron chi connectivity index (χ1n) is 9.66. The van der Waals surface area contributed by atoms with E-state index in [1.165, 1.54) is 56.1 Å². The highest BCUT2D eigenvalue weighted by Crippen LogP contribution is 2.36. The number of Topliss-reactive ketones (excluding diaryl/α,β-unsaturated/α-hetero) is 1. The van der Waals surface area contributed by atoms with Crippen molar-refractivity contribution in [2.75, 3.05) is 0 Å². The Morgan fingerprint density at radius 2 is 1.96 bits per heavy atom. The van der Waals surface area contributed by atoms with Crippen LogP contribution in [0.15, 0.2) is 53.6 Å². The van der Waals surface area contributed by atoms with Crippen LogP contribution in [0.3, 0.4) is 0 Å². The van der Waals surface area contributed by atoms with Crippen molar-refractivity contribution in [2.24, 2.45) is 5.92 Å². The van der Waals surface area contributed by atoms with E-state index in [4.69, 9.17) is 0 Å². The second-order valence-electron chi connectivity index (χ2n) is 7.04. The molecule has 1 fully saturated rings. The molecule has 130 valence electrons. The van der Waals surface area contributed by atoms with Crippen molar-refractivity contribution in [3.05, 3.63) is 59.2 Å². The zero-order valence-corrected chi connectivity index (χ0v) is 15.4. The summed E-state index contributed by atoms with van der Waals surface area (Å²) < 4.78 is 0. The molecule has 0 heterocycles. The standard InChI is InChI=1S/C23H32O/c1-3-4-5-6-7-9-13-19(2)22-17-12-16-21(22)18-23(24)20-14-10-8-11-15-20/h8-11,13-15,21H,3-7,12,16-18H2,1-2H3/b13-9+,22-19-. The molecule has 1 aromatic carbocycles. The van der Waals surface area contributed by atoms with Crippen LogP contribution in [-0.2, 0) is 0 Å². The van der Waals surface area contributed by atoms with Crippen LogP contribution in [0.25, 0.3) is 0 Å². The molecule has 0 spiro atoms. The zero-order valence-electron chi connectivity index (χ0n) is 15.4. The summed E-state index contributed by atoms with van der Waals surface area (Å²) in [5.74, 6) is 0.735. The molecule has 0 aliphatic heterocycles. The second-order valence-corrected chi connectivity index (χ2v) is 7.04. The van der Waals surface area contributed by atoms with Gasteiger partial charge in [0.05, 0.1) is 0 Å². The highest BCUT2D eigenvalue weighted by molar-refractivity contribution is 5.96. The first kappa shape index (κ1) is 18.7. The Balaban J connectivity index is 1.91. The zero-order chi connectivity index (χ0) is 17.2. The molecule has 0 N–H and O–H groups in total. The molecule has 0 bridgehead atoms. The van der Waals surface area contributed by atoms with Crippen molar-refractivity contribution < 1.29 is 4.79 Å². The lowest BCUT2D eigenvalue weighted by molar-refractivity contribution is 0.0968. The van der Waals surface area contributed by atoms with Gasteiger partial charge in [0, 0.05) is 12.0 Å². The molecule has 0 aromatic heterocycles. The Hall–Kier alpha value is -1.63. The average molecular weight is 325 g/mol. The molecule has 1 unspecified atom stereocenters. The summed E-state index contributed by atoms with van der Waals surface area (Å²) in [6.07, 6.45) is 15.3. The van der Waals surface area contributed by atoms with Gasteiger partial charge >= 0.3 is 0 Å². The van der Waals surface area contributed by atoms with Gasteiger partial charge in [-0.2, -0.15) is 0 Å². The monoisotopic (exact) mass is 324 g/mol. The van der Waals surface area contributed by atoms with Gasteiger partial charge in [-0.25, -0.2) is 0 Å². The van der Waals surface area contributed by atoms with Gasteiger partial charge in [0.2, 0.25) is 0 Å². The molecular weight excluding hydrogens is 292 g/mol. The lowest BCUT2D eigenvalue weighted by atomic mass is 9.91. The normalized spacial score (nSPS) is 19.8. The Kier molecular flexibility index (Phi) is 8.01. The Bertz CT molecular complexity index is 565. The molecule has 1 atom stereocenters. The van der Waals surface area contributed by atoms with Crippen LogP contribution in [0, 0.1) is 5.92 Å². The summed E-state index contributed by atoms with van der Waals surface area (Å²) in [5, 5.41) is 0. The van der Waals surface area contributed by atoms with Crippen LogP contribution >= 0.6 is 0 Å². The van der Waals surface area contributed by atoms with Crippen molar-refractivity contribution in [1.82, 2.24) is 0 Å². The second kappa shape index (κ2) is 10.3. The van der Waals surface area contributed by atoms with Crippen molar-refractivity contribution in [2.45, 2.75) is 71.6 Å². The summed E-state index contributed by atoms with van der Waals surface area (Å²) in [6, 6.07) is 9.73. The minimum Gasteiger partial charge on any atom is -0.294 e. The Morgan fingerprint density at radius 3 is 2.71 bits per heavy atom. The van der Waals surface area contributed by atoms with Crippen LogP contribution in [0.2, 0.25) is 0 Å². The number of carbonyl (C=O) groups excluding carboxylic acids is 1. The number of ketones is 1. The molecule has 1 aliphatic carbocycles. The number of unbranched alkanes of at least 4 members (excludes halogenated alkanes) is 4. The fourth-order valence-electron chi connectivity index (χ4n) is 3.68. The van der Waals surface area contributed by atoms with Gasteiger partial charge in [-0.1, -0.05) is 79.8 Å². The van der Waals surface area contributed by atoms with E-state index in [-0.39, 0.29) is 5.78 Å². The fourth-order valence-corrected chi connectivity index (χ4v) is 3.68. The van der Waals surface area contributed by atoms with Crippen LogP contribution in [-0.4, -0.2) is 5.78 Å². The highest BCUT2D eigenvalue weighted by atomic mass is 16.1. The van der Waals surface area contributed by atoms with Crippen LogP contribution in [0.5, 0.6) is 0 Å². The smallest absolute Gasteiger partial charge is 0.163 e. The molecule has 2 rings (SSSR count). The minimum atomic E-state index is 0.288. The lowest BCUT2D eigenvalue weighted by Gasteiger charge is -2.13. The fraction of sp³-hybridized carbons (Fsp3) is 0.522. The van der Waals surface area contributed by atoms with Crippen LogP contribution < -0.4 is 0 Å². The van der Waals surface area contributed by atoms with Crippen molar-refractivity contribution in [1.29, 1.82) is 0 Å². The van der Waals surface area contributed by atoms with E-state index in [9.17, 15) is 4.79 Å². The van der Waals surface area contributed by atoms with E-state index in [1.54, 1.807) is 0 Å². The third kappa shape index (κ3) is 5.78. The SMILES string of the molecule is CCCCCC/C=C/C(C)=C1/CCCC1CC(=O)c1ccccc1. The van der Waals surface area contributed by atoms with Crippen molar-refractivity contribution >= 4 is 5.78 Å². The van der Waals surface area contributed by atoms with E-state index in [0.717, 1.165) is 12.0 Å². The number of carbonyl (C=O) groups is 1. The van der Waals surface area contributed by atoms with Gasteiger partial charge in [0.25, 0.3) is 0 Å². The topological polar surface area (TPSA) is 17.1 Å². The summed E-state index contributed by atoms with van der Waals surface area (Å²) in [5.41, 5.74) is 3.77. The summed E-state index contributed by atoms with van der Waals surface area (Å²) in [6.45, 7) is 4.48. The van der Waals surface area contributed by atoms with E-state index in [0.29, 0.717) is 12.3 Å². The van der Waals surface area contributed by atoms with E-state index in [1.807, 2.05) is 30.3 Å². The first-order valence-corrected chi connectivity index (χ1v) is 9.66. The van der Waals surface area contributed by atoms with Crippen molar-refractivity contribution in [3.8, 4) is 0 Å². The molecule has 0 amide bonds. The van der Waals surface area contributed by atoms with Gasteiger partial charge in [-0.05, 0) is 44.9 Å². The predicted octanol–water partition coefficient (Wildman–Crippen LogP) is 6.90. The predicted molar refractivity (Wildman–Crippen MR) is 103 cm³/mol. The molecule has 1 nitrogen and oxygen atoms in total. The molecule has 1 saturated carbocycles. The van der Waals surface area contributed by atoms with E-state index >= 15 is 0 Å². The van der Waals surface area contributed by atoms with Crippen LogP contribution in [0.1, 0.15) is 82.0 Å². The average Bonchev–Trinajstić information content (AvgIpc) is 3.06. The number of hydrogen-bond acceptors (Lipinski definition) is 1. The van der Waals surface area contributed by atoms with Crippen molar-refractivity contribution in [3.63, 3.8) is 0 Å². The molecule has 24 heavy (non-hydrogen) atoms. The van der Waals surface area contributed by atoms with Crippen LogP contribution in [0.4, 0.5) is 0 Å². The largest absolute Gasteiger partial charge is 0.294 e. The van der Waals surface area contributed by atoms with Gasteiger partial charge in [0.15, 0.2) is 5.78 Å². The van der Waals surface area contributed by atoms with E-state index in [2.05, 4.69) is 26.0 Å². The van der Waals surface area contributed by atoms with E-state index < -0.39 is 0 Å². The van der Waals surface area contributed by atoms with Gasteiger partial charge < -0.3 is 0 Å². The highest BCUT2D eigenvalue weighted by Gasteiger charge is 2.25. The summed E-state index contributed by atoms with van der Waals surface area (Å²) >= 11 is 0. The number of benzene rings is 1. The molecule has 1 heteroatoms. The van der Waals surface area contributed by atoms with Gasteiger partial charge in [-0.15, -0.1) is 0 Å². The maximum atomic E-state index is 12.5. The minimum absolute atomic E-state index is 0.288. The third-order valence-corrected chi connectivity index (χ3v) is 5.12. The summed E-state index contributed by atoms with van der Waals surface area (Å²) in [4.78, 5) is 12.5. The first-order chi connectivity index (χ1) is 11.7. The Morgan fingerprint density at radius 1 is 1.17 bits per heavy atom. The third-order valence-electron chi connectivity index (χ3n) is 5.12. The lowest BCUT2D eigenvalue weighted by Crippen LogP contribution is -2.08.